The fourth-order valence-electron chi connectivity index (χ4n) is 1.55. The smallest absolute Gasteiger partial charge is 0.267 e. The highest BCUT2D eigenvalue weighted by atomic mass is 35.5. The van der Waals surface area contributed by atoms with Crippen molar-refractivity contribution in [3.05, 3.63) is 34.0 Å². The van der Waals surface area contributed by atoms with Crippen LogP contribution < -0.4 is 5.73 Å². The van der Waals surface area contributed by atoms with Crippen LogP contribution in [0.5, 0.6) is 0 Å². The number of halogens is 1. The lowest BCUT2D eigenvalue weighted by Crippen LogP contribution is -2.46. The van der Waals surface area contributed by atoms with Gasteiger partial charge in [0, 0.05) is 12.2 Å². The van der Waals surface area contributed by atoms with Crippen LogP contribution in [0.1, 0.15) is 13.8 Å². The minimum Gasteiger partial charge on any atom is -0.321 e. The first-order valence-corrected chi connectivity index (χ1v) is 4.19. The molecule has 0 aromatic rings. The molecule has 1 aliphatic carbocycles. The molecule has 2 atom stereocenters. The molecule has 2 unspecified atom stereocenters. The molecule has 5 nitrogen and oxygen atoms in total. The van der Waals surface area contributed by atoms with Gasteiger partial charge in [-0.3, -0.25) is 14.9 Å². The highest BCUT2D eigenvalue weighted by Crippen LogP contribution is 2.25. The summed E-state index contributed by atoms with van der Waals surface area (Å²) in [6.07, 6.45) is 4.13. The molecule has 0 aliphatic heterocycles. The van der Waals surface area contributed by atoms with Gasteiger partial charge in [-0.1, -0.05) is 6.08 Å². The first kappa shape index (κ1) is 13.8. The van der Waals surface area contributed by atoms with E-state index in [1.165, 1.54) is 25.2 Å². The van der Waals surface area contributed by atoms with Crippen molar-refractivity contribution in [3.8, 4) is 0 Å². The summed E-state index contributed by atoms with van der Waals surface area (Å²) in [5, 5.41) is 10.5. The lowest BCUT2D eigenvalue weighted by Gasteiger charge is -2.28. The highest BCUT2D eigenvalue weighted by Gasteiger charge is 2.35. The van der Waals surface area contributed by atoms with Crippen LogP contribution in [0.2, 0.25) is 0 Å². The second-order valence-electron chi connectivity index (χ2n) is 3.64. The Labute approximate surface area is 93.6 Å². The summed E-state index contributed by atoms with van der Waals surface area (Å²) in [6.45, 7) is 3.02. The van der Waals surface area contributed by atoms with Crippen molar-refractivity contribution in [2.45, 2.75) is 19.4 Å². The van der Waals surface area contributed by atoms with Gasteiger partial charge in [-0.05, 0) is 13.8 Å². The van der Waals surface area contributed by atoms with Gasteiger partial charge in [0.15, 0.2) is 0 Å². The fraction of sp³-hybridized carbons (Fsp3) is 0.444. The second-order valence-corrected chi connectivity index (χ2v) is 3.64. The van der Waals surface area contributed by atoms with E-state index >= 15 is 0 Å². The van der Waals surface area contributed by atoms with Gasteiger partial charge >= 0.3 is 0 Å². The number of nitro groups is 1. The van der Waals surface area contributed by atoms with E-state index in [-0.39, 0.29) is 23.9 Å². The minimum absolute atomic E-state index is 0. The van der Waals surface area contributed by atoms with Crippen LogP contribution >= 0.6 is 12.4 Å². The van der Waals surface area contributed by atoms with Crippen molar-refractivity contribution in [3.63, 3.8) is 0 Å². The normalized spacial score (nSPS) is 29.0. The van der Waals surface area contributed by atoms with Crippen LogP contribution in [-0.2, 0) is 4.79 Å². The Morgan fingerprint density at radius 2 is 2.20 bits per heavy atom. The molecule has 0 spiro atoms. The van der Waals surface area contributed by atoms with Crippen molar-refractivity contribution in [2.24, 2.45) is 11.7 Å². The van der Waals surface area contributed by atoms with Gasteiger partial charge in [0.1, 0.15) is 5.78 Å². The number of carbonyl (C=O) groups excluding carboxylic acids is 1. The number of hydrogen-bond acceptors (Lipinski definition) is 4. The fourth-order valence-corrected chi connectivity index (χ4v) is 1.55. The molecule has 0 amide bonds. The molecule has 0 saturated carbocycles. The second kappa shape index (κ2) is 4.55. The molecule has 0 aromatic heterocycles. The average molecular weight is 233 g/mol. The van der Waals surface area contributed by atoms with Crippen molar-refractivity contribution < 1.29 is 9.72 Å². The quantitative estimate of drug-likeness (QED) is 0.570. The van der Waals surface area contributed by atoms with E-state index in [0.29, 0.717) is 0 Å². The average Bonchev–Trinajstić information content (AvgIpc) is 2.01. The van der Waals surface area contributed by atoms with E-state index in [1.807, 2.05) is 0 Å². The van der Waals surface area contributed by atoms with Gasteiger partial charge in [0.2, 0.25) is 0 Å². The third kappa shape index (κ3) is 2.87. The Morgan fingerprint density at radius 3 is 2.53 bits per heavy atom. The van der Waals surface area contributed by atoms with Crippen LogP contribution in [0.25, 0.3) is 0 Å². The summed E-state index contributed by atoms with van der Waals surface area (Å²) in [5.74, 6) is -0.573. The van der Waals surface area contributed by atoms with Crippen molar-refractivity contribution in [2.75, 3.05) is 0 Å². The number of nitrogens with zero attached hydrogens (tertiary/aromatic N) is 1. The summed E-state index contributed by atoms with van der Waals surface area (Å²) in [7, 11) is 0. The standard InChI is InChI=1S/C9H12N2O3.ClH/c1-6(12)8-4-3-7(11(13)14)5-9(8,2)10;/h3-5,8H,10H2,1-2H3;1H. The minimum atomic E-state index is -0.969. The Morgan fingerprint density at radius 1 is 1.67 bits per heavy atom. The molecule has 6 heteroatoms. The predicted octanol–water partition coefficient (Wildman–Crippen LogP) is 1.06. The van der Waals surface area contributed by atoms with E-state index in [0.717, 1.165) is 0 Å². The number of allylic oxidation sites excluding steroid dienone is 1. The Hall–Kier alpha value is -1.20. The molecule has 0 saturated heterocycles. The molecule has 0 aromatic carbocycles. The number of hydrogen-bond donors (Lipinski definition) is 1. The molecule has 1 aliphatic rings. The van der Waals surface area contributed by atoms with Gasteiger partial charge in [-0.25, -0.2) is 0 Å². The van der Waals surface area contributed by atoms with Crippen LogP contribution in [0, 0.1) is 16.0 Å². The lowest BCUT2D eigenvalue weighted by molar-refractivity contribution is -0.419. The van der Waals surface area contributed by atoms with Crippen molar-refractivity contribution in [1.82, 2.24) is 0 Å². The number of rotatable bonds is 2. The third-order valence-electron chi connectivity index (χ3n) is 2.24. The molecular weight excluding hydrogens is 220 g/mol. The van der Waals surface area contributed by atoms with Gasteiger partial charge in [-0.2, -0.15) is 0 Å². The van der Waals surface area contributed by atoms with E-state index in [4.69, 9.17) is 5.73 Å². The molecule has 0 fully saturated rings. The maximum atomic E-state index is 11.2. The van der Waals surface area contributed by atoms with E-state index in [9.17, 15) is 14.9 Å². The van der Waals surface area contributed by atoms with E-state index in [1.54, 1.807) is 6.92 Å². The number of ketones is 1. The van der Waals surface area contributed by atoms with Crippen LogP contribution in [0.4, 0.5) is 0 Å². The molecule has 2 N–H and O–H groups in total. The molecule has 0 heterocycles. The summed E-state index contributed by atoms with van der Waals surface area (Å²) in [4.78, 5) is 21.1. The SMILES string of the molecule is CC(=O)C1C=CC([N+](=O)[O-])=CC1(C)N.Cl. The van der Waals surface area contributed by atoms with Crippen LogP contribution in [-0.4, -0.2) is 16.2 Å². The molecule has 15 heavy (non-hydrogen) atoms. The van der Waals surface area contributed by atoms with E-state index in [2.05, 4.69) is 0 Å². The Balaban J connectivity index is 0.00000196. The molecule has 0 radical (unpaired) electrons. The van der Waals surface area contributed by atoms with Crippen molar-refractivity contribution in [1.29, 1.82) is 0 Å². The summed E-state index contributed by atoms with van der Waals surface area (Å²) >= 11 is 0. The van der Waals surface area contributed by atoms with E-state index < -0.39 is 16.4 Å². The first-order valence-electron chi connectivity index (χ1n) is 4.19. The summed E-state index contributed by atoms with van der Waals surface area (Å²) in [5.41, 5.74) is 4.77. The molecule has 0 bridgehead atoms. The van der Waals surface area contributed by atoms with Gasteiger partial charge < -0.3 is 5.73 Å². The van der Waals surface area contributed by atoms with Crippen LogP contribution in [0.15, 0.2) is 23.9 Å². The monoisotopic (exact) mass is 232 g/mol. The zero-order valence-electron chi connectivity index (χ0n) is 8.47. The Bertz CT molecular complexity index is 347. The molecular formula is C9H13ClN2O3. The van der Waals surface area contributed by atoms with Crippen molar-refractivity contribution >= 4 is 18.2 Å². The lowest BCUT2D eigenvalue weighted by atomic mass is 9.80. The van der Waals surface area contributed by atoms with Gasteiger partial charge in [0.25, 0.3) is 5.70 Å². The number of Topliss-reactive ketones (excluding diaryl/α,β-unsaturated/α-hetero) is 1. The zero-order valence-corrected chi connectivity index (χ0v) is 9.28. The molecule has 84 valence electrons. The van der Waals surface area contributed by atoms with Crippen LogP contribution in [0.3, 0.4) is 0 Å². The summed E-state index contributed by atoms with van der Waals surface area (Å²) < 4.78 is 0. The largest absolute Gasteiger partial charge is 0.321 e. The summed E-state index contributed by atoms with van der Waals surface area (Å²) in [6, 6.07) is 0. The van der Waals surface area contributed by atoms with Gasteiger partial charge in [-0.15, -0.1) is 12.4 Å². The first-order chi connectivity index (χ1) is 6.34. The topological polar surface area (TPSA) is 86.2 Å². The predicted molar refractivity (Wildman–Crippen MR) is 58.2 cm³/mol. The third-order valence-corrected chi connectivity index (χ3v) is 2.24. The zero-order chi connectivity index (χ0) is 10.9. The Kier molecular flexibility index (Phi) is 4.18. The molecule has 1 rings (SSSR count). The number of carbonyl (C=O) groups is 1. The maximum absolute atomic E-state index is 11.2. The maximum Gasteiger partial charge on any atom is 0.267 e. The highest BCUT2D eigenvalue weighted by molar-refractivity contribution is 5.85. The number of nitrogens with two attached hydrogens (primary N) is 1. The van der Waals surface area contributed by atoms with Gasteiger partial charge in [0.05, 0.1) is 16.4 Å².